The highest BCUT2D eigenvalue weighted by atomic mass is 32.2. The number of pyridine rings is 1. The second-order valence-electron chi connectivity index (χ2n) is 10.3. The summed E-state index contributed by atoms with van der Waals surface area (Å²) in [5.41, 5.74) is 2.24. The SMILES string of the molecule is Cc1cc(F)cc([C@H](c2ccc(F)cc2)[C@H](C)C(=O)Nc2cncc(F)c2CC[C@@H]2CNCCN2S(C)(=O)=O)c1. The molecule has 0 saturated carbocycles. The highest BCUT2D eigenvalue weighted by Gasteiger charge is 2.31. The molecule has 2 heterocycles. The lowest BCUT2D eigenvalue weighted by Crippen LogP contribution is -2.53. The van der Waals surface area contributed by atoms with Crippen molar-refractivity contribution in [3.8, 4) is 0 Å². The minimum Gasteiger partial charge on any atom is -0.324 e. The van der Waals surface area contributed by atoms with Crippen molar-refractivity contribution >= 4 is 21.6 Å². The maximum atomic E-state index is 15.0. The van der Waals surface area contributed by atoms with Crippen LogP contribution in [0.25, 0.3) is 0 Å². The lowest BCUT2D eigenvalue weighted by Gasteiger charge is -2.34. The molecule has 0 aliphatic carbocycles. The van der Waals surface area contributed by atoms with Crippen LogP contribution in [0.4, 0.5) is 18.9 Å². The van der Waals surface area contributed by atoms with E-state index in [1.54, 1.807) is 32.0 Å². The quantitative estimate of drug-likeness (QED) is 0.396. The van der Waals surface area contributed by atoms with Gasteiger partial charge in [-0.15, -0.1) is 0 Å². The minimum atomic E-state index is -3.43. The fraction of sp³-hybridized carbons (Fsp3) is 0.379. The number of nitrogens with one attached hydrogen (secondary N) is 2. The summed E-state index contributed by atoms with van der Waals surface area (Å²) >= 11 is 0. The van der Waals surface area contributed by atoms with Crippen LogP contribution < -0.4 is 10.6 Å². The Bertz CT molecular complexity index is 1450. The van der Waals surface area contributed by atoms with Gasteiger partial charge in [-0.3, -0.25) is 9.78 Å². The number of rotatable bonds is 9. The maximum absolute atomic E-state index is 15.0. The lowest BCUT2D eigenvalue weighted by molar-refractivity contribution is -0.119. The number of piperazine rings is 1. The first-order chi connectivity index (χ1) is 18.9. The highest BCUT2D eigenvalue weighted by molar-refractivity contribution is 7.88. The molecule has 0 bridgehead atoms. The van der Waals surface area contributed by atoms with Crippen LogP contribution in [0, 0.1) is 30.3 Å². The molecule has 2 N–H and O–H groups in total. The van der Waals surface area contributed by atoms with E-state index in [1.165, 1.54) is 34.8 Å². The molecule has 7 nitrogen and oxygen atoms in total. The number of hydrogen-bond donors (Lipinski definition) is 2. The molecule has 0 spiro atoms. The predicted octanol–water partition coefficient (Wildman–Crippen LogP) is 4.38. The Morgan fingerprint density at radius 2 is 1.82 bits per heavy atom. The summed E-state index contributed by atoms with van der Waals surface area (Å²) in [7, 11) is -3.43. The van der Waals surface area contributed by atoms with Crippen LogP contribution in [-0.2, 0) is 21.2 Å². The second kappa shape index (κ2) is 12.5. The fourth-order valence-electron chi connectivity index (χ4n) is 5.34. The zero-order valence-electron chi connectivity index (χ0n) is 22.6. The highest BCUT2D eigenvalue weighted by Crippen LogP contribution is 2.34. The molecule has 4 rings (SSSR count). The number of anilines is 1. The first-order valence-electron chi connectivity index (χ1n) is 13.1. The van der Waals surface area contributed by atoms with Crippen molar-refractivity contribution in [2.45, 2.75) is 38.6 Å². The molecule has 1 fully saturated rings. The number of nitrogens with zero attached hydrogens (tertiary/aromatic N) is 2. The van der Waals surface area contributed by atoms with Gasteiger partial charge in [0.05, 0.1) is 24.3 Å². The van der Waals surface area contributed by atoms with Crippen molar-refractivity contribution in [3.05, 3.63) is 94.6 Å². The molecule has 1 aromatic heterocycles. The summed E-state index contributed by atoms with van der Waals surface area (Å²) in [5.74, 6) is -3.33. The number of halogens is 3. The lowest BCUT2D eigenvalue weighted by atomic mass is 9.80. The predicted molar refractivity (Wildman–Crippen MR) is 148 cm³/mol. The Kier molecular flexibility index (Phi) is 9.27. The molecule has 0 radical (unpaired) electrons. The molecule has 3 aromatic rings. The molecule has 11 heteroatoms. The third-order valence-electron chi connectivity index (χ3n) is 7.28. The standard InChI is InChI=1S/C29H33F3N4O3S/c1-18-12-21(14-23(31)13-18)28(20-4-6-22(30)7-5-20)19(2)29(37)35-27-17-34-16-26(32)25(27)9-8-24-15-33-10-11-36(24)40(3,38)39/h4-7,12-14,16-17,19,24,28,33H,8-11,15H2,1-3H3,(H,35,37)/t19-,24+,28-/m0/s1. The van der Waals surface area contributed by atoms with Gasteiger partial charge in [-0.1, -0.05) is 25.1 Å². The van der Waals surface area contributed by atoms with Gasteiger partial charge in [-0.2, -0.15) is 4.31 Å². The van der Waals surface area contributed by atoms with Gasteiger partial charge in [-0.25, -0.2) is 21.6 Å². The molecular formula is C29H33F3N4O3S. The largest absolute Gasteiger partial charge is 0.324 e. The zero-order chi connectivity index (χ0) is 29.0. The molecule has 1 saturated heterocycles. The normalized spacial score (nSPS) is 17.8. The third-order valence-corrected chi connectivity index (χ3v) is 8.61. The van der Waals surface area contributed by atoms with Crippen LogP contribution >= 0.6 is 0 Å². The summed E-state index contributed by atoms with van der Waals surface area (Å²) in [6.45, 7) is 4.72. The van der Waals surface area contributed by atoms with E-state index in [9.17, 15) is 26.4 Å². The Hall–Kier alpha value is -3.28. The van der Waals surface area contributed by atoms with Crippen molar-refractivity contribution in [1.82, 2.24) is 14.6 Å². The summed E-state index contributed by atoms with van der Waals surface area (Å²) in [6.07, 6.45) is 4.07. The number of amides is 1. The molecular weight excluding hydrogens is 541 g/mol. The Morgan fingerprint density at radius 1 is 1.10 bits per heavy atom. The Balaban J connectivity index is 1.59. The summed E-state index contributed by atoms with van der Waals surface area (Å²) in [5, 5.41) is 5.96. The van der Waals surface area contributed by atoms with Crippen molar-refractivity contribution in [2.24, 2.45) is 5.92 Å². The van der Waals surface area contributed by atoms with Crippen LogP contribution in [0.5, 0.6) is 0 Å². The van der Waals surface area contributed by atoms with Crippen LogP contribution in [-0.4, -0.2) is 55.5 Å². The van der Waals surface area contributed by atoms with Gasteiger partial charge in [0.25, 0.3) is 0 Å². The van der Waals surface area contributed by atoms with Crippen LogP contribution in [0.1, 0.15) is 41.5 Å². The van der Waals surface area contributed by atoms with Crippen LogP contribution in [0.2, 0.25) is 0 Å². The van der Waals surface area contributed by atoms with E-state index in [2.05, 4.69) is 15.6 Å². The van der Waals surface area contributed by atoms with Crippen LogP contribution in [0.15, 0.2) is 54.9 Å². The summed E-state index contributed by atoms with van der Waals surface area (Å²) in [6, 6.07) is 9.84. The number of hydrogen-bond acceptors (Lipinski definition) is 5. The molecule has 2 aromatic carbocycles. The average Bonchev–Trinajstić information content (AvgIpc) is 2.88. The first kappa shape index (κ1) is 29.7. The van der Waals surface area contributed by atoms with E-state index >= 15 is 0 Å². The van der Waals surface area contributed by atoms with Gasteiger partial charge < -0.3 is 10.6 Å². The molecule has 1 amide bonds. The Morgan fingerprint density at radius 3 is 2.50 bits per heavy atom. The van der Waals surface area contributed by atoms with E-state index in [0.717, 1.165) is 12.5 Å². The number of sulfonamides is 1. The van der Waals surface area contributed by atoms with Gasteiger partial charge in [-0.05, 0) is 60.7 Å². The van der Waals surface area contributed by atoms with Gasteiger partial charge in [0.15, 0.2) is 0 Å². The van der Waals surface area contributed by atoms with E-state index in [4.69, 9.17) is 0 Å². The van der Waals surface area contributed by atoms with E-state index in [1.807, 2.05) is 0 Å². The van der Waals surface area contributed by atoms with Crippen molar-refractivity contribution in [3.63, 3.8) is 0 Å². The topological polar surface area (TPSA) is 91.4 Å². The van der Waals surface area contributed by atoms with Gasteiger partial charge in [0.2, 0.25) is 15.9 Å². The molecule has 1 aliphatic rings. The smallest absolute Gasteiger partial charge is 0.228 e. The van der Waals surface area contributed by atoms with E-state index in [0.29, 0.717) is 42.7 Å². The Labute approximate surface area is 232 Å². The fourth-order valence-corrected chi connectivity index (χ4v) is 6.49. The molecule has 40 heavy (non-hydrogen) atoms. The van der Waals surface area contributed by atoms with Gasteiger partial charge in [0, 0.05) is 43.1 Å². The molecule has 3 atom stereocenters. The minimum absolute atomic E-state index is 0.168. The van der Waals surface area contributed by atoms with E-state index < -0.39 is 45.2 Å². The molecule has 214 valence electrons. The maximum Gasteiger partial charge on any atom is 0.228 e. The van der Waals surface area contributed by atoms with Gasteiger partial charge in [0.1, 0.15) is 17.5 Å². The number of carbonyl (C=O) groups excluding carboxylic acids is 1. The zero-order valence-corrected chi connectivity index (χ0v) is 23.4. The molecule has 1 aliphatic heterocycles. The number of aromatic nitrogens is 1. The summed E-state index contributed by atoms with van der Waals surface area (Å²) < 4.78 is 68.9. The first-order valence-corrected chi connectivity index (χ1v) is 14.9. The van der Waals surface area contributed by atoms with Gasteiger partial charge >= 0.3 is 0 Å². The van der Waals surface area contributed by atoms with Crippen LogP contribution in [0.3, 0.4) is 0 Å². The average molecular weight is 575 g/mol. The van der Waals surface area contributed by atoms with Crippen molar-refractivity contribution in [2.75, 3.05) is 31.2 Å². The monoisotopic (exact) mass is 574 g/mol. The molecule has 0 unspecified atom stereocenters. The number of benzene rings is 2. The van der Waals surface area contributed by atoms with Crippen molar-refractivity contribution < 1.29 is 26.4 Å². The van der Waals surface area contributed by atoms with Crippen molar-refractivity contribution in [1.29, 1.82) is 0 Å². The van der Waals surface area contributed by atoms with E-state index in [-0.39, 0.29) is 23.7 Å². The number of aryl methyl sites for hydroxylation is 1. The summed E-state index contributed by atoms with van der Waals surface area (Å²) in [4.78, 5) is 17.5. The second-order valence-corrected chi connectivity index (χ2v) is 12.2. The number of carbonyl (C=O) groups is 1. The third kappa shape index (κ3) is 7.07.